The number of amides is 2. The van der Waals surface area contributed by atoms with Crippen molar-refractivity contribution in [1.82, 2.24) is 4.90 Å². The highest BCUT2D eigenvalue weighted by atomic mass is 35.5. The van der Waals surface area contributed by atoms with E-state index >= 15 is 0 Å². The first-order valence-corrected chi connectivity index (χ1v) is 6.39. The number of halogens is 1. The van der Waals surface area contributed by atoms with Gasteiger partial charge in [0.1, 0.15) is 0 Å². The third-order valence-corrected chi connectivity index (χ3v) is 2.68. The molecule has 106 valence electrons. The summed E-state index contributed by atoms with van der Waals surface area (Å²) in [5.41, 5.74) is 0.324. The Morgan fingerprint density at radius 2 is 2.15 bits per heavy atom. The van der Waals surface area contributed by atoms with Crippen LogP contribution < -0.4 is 5.32 Å². The molecule has 0 saturated carbocycles. The average molecular weight is 295 g/mol. The van der Waals surface area contributed by atoms with Gasteiger partial charge in [0.05, 0.1) is 12.1 Å². The molecule has 0 heterocycles. The molecule has 0 aromatic heterocycles. The number of urea groups is 1. The summed E-state index contributed by atoms with van der Waals surface area (Å²) in [6.07, 6.45) is 5.98. The standard InChI is InChI=1S/C14H15ClN2O3/c1-3-5-17(6-4-2)14(20)16-12-8-10(13(18)19)7-11(15)9-12/h1,7-9H,4-6H2,2H3,(H,16,20)(H,18,19). The Balaban J connectivity index is 2.89. The first-order chi connectivity index (χ1) is 9.47. The van der Waals surface area contributed by atoms with E-state index in [1.54, 1.807) is 0 Å². The molecule has 6 heteroatoms. The van der Waals surface area contributed by atoms with E-state index < -0.39 is 5.97 Å². The number of hydrogen-bond donors (Lipinski definition) is 2. The Morgan fingerprint density at radius 1 is 1.45 bits per heavy atom. The van der Waals surface area contributed by atoms with Crippen molar-refractivity contribution in [2.45, 2.75) is 13.3 Å². The number of aromatic carboxylic acids is 1. The topological polar surface area (TPSA) is 69.6 Å². The Kier molecular flexibility index (Phi) is 5.88. The lowest BCUT2D eigenvalue weighted by Crippen LogP contribution is -2.35. The van der Waals surface area contributed by atoms with E-state index in [2.05, 4.69) is 11.2 Å². The van der Waals surface area contributed by atoms with E-state index in [-0.39, 0.29) is 23.2 Å². The molecule has 1 rings (SSSR count). The number of nitrogens with one attached hydrogen (secondary N) is 1. The van der Waals surface area contributed by atoms with Gasteiger partial charge in [-0.25, -0.2) is 9.59 Å². The van der Waals surface area contributed by atoms with Crippen molar-refractivity contribution in [3.05, 3.63) is 28.8 Å². The lowest BCUT2D eigenvalue weighted by molar-refractivity contribution is 0.0697. The summed E-state index contributed by atoms with van der Waals surface area (Å²) in [5.74, 6) is 1.29. The van der Waals surface area contributed by atoms with E-state index in [1.165, 1.54) is 23.1 Å². The molecule has 0 saturated heterocycles. The molecule has 0 spiro atoms. The minimum atomic E-state index is -1.11. The van der Waals surface area contributed by atoms with Crippen LogP contribution in [0.15, 0.2) is 18.2 Å². The lowest BCUT2D eigenvalue weighted by Gasteiger charge is -2.20. The molecule has 0 unspecified atom stereocenters. The summed E-state index contributed by atoms with van der Waals surface area (Å²) >= 11 is 5.82. The van der Waals surface area contributed by atoms with Crippen LogP contribution >= 0.6 is 11.6 Å². The number of carbonyl (C=O) groups is 2. The van der Waals surface area contributed by atoms with Gasteiger partial charge in [0.15, 0.2) is 0 Å². The molecule has 0 atom stereocenters. The van der Waals surface area contributed by atoms with E-state index in [4.69, 9.17) is 23.1 Å². The first-order valence-electron chi connectivity index (χ1n) is 6.01. The smallest absolute Gasteiger partial charge is 0.335 e. The Bertz CT molecular complexity index is 552. The molecule has 5 nitrogen and oxygen atoms in total. The van der Waals surface area contributed by atoms with Gasteiger partial charge in [0, 0.05) is 17.3 Å². The van der Waals surface area contributed by atoms with Gasteiger partial charge >= 0.3 is 12.0 Å². The van der Waals surface area contributed by atoms with Crippen molar-refractivity contribution >= 4 is 29.3 Å². The van der Waals surface area contributed by atoms with E-state index in [0.717, 1.165) is 6.42 Å². The van der Waals surface area contributed by atoms with Crippen molar-refractivity contribution in [2.75, 3.05) is 18.4 Å². The SMILES string of the molecule is C#CCN(CCC)C(=O)Nc1cc(Cl)cc(C(=O)O)c1. The van der Waals surface area contributed by atoms with Crippen LogP contribution in [-0.4, -0.2) is 35.1 Å². The summed E-state index contributed by atoms with van der Waals surface area (Å²) < 4.78 is 0. The molecular formula is C14H15ClN2O3. The second-order valence-corrected chi connectivity index (χ2v) is 4.53. The third kappa shape index (κ3) is 4.48. The Labute approximate surface area is 122 Å². The highest BCUT2D eigenvalue weighted by Crippen LogP contribution is 2.19. The molecule has 0 aliphatic carbocycles. The van der Waals surface area contributed by atoms with Crippen molar-refractivity contribution in [3.63, 3.8) is 0 Å². The second-order valence-electron chi connectivity index (χ2n) is 4.09. The highest BCUT2D eigenvalue weighted by molar-refractivity contribution is 6.31. The van der Waals surface area contributed by atoms with Gasteiger partial charge in [-0.1, -0.05) is 24.4 Å². The van der Waals surface area contributed by atoms with Crippen molar-refractivity contribution in [3.8, 4) is 12.3 Å². The molecular weight excluding hydrogens is 280 g/mol. The minimum absolute atomic E-state index is 0.00629. The number of hydrogen-bond acceptors (Lipinski definition) is 2. The molecule has 1 aromatic carbocycles. The van der Waals surface area contributed by atoms with Gasteiger partial charge in [-0.05, 0) is 24.6 Å². The molecule has 0 radical (unpaired) electrons. The fraction of sp³-hybridized carbons (Fsp3) is 0.286. The van der Waals surface area contributed by atoms with Crippen molar-refractivity contribution < 1.29 is 14.7 Å². The maximum Gasteiger partial charge on any atom is 0.335 e. The maximum atomic E-state index is 12.0. The normalized spacial score (nSPS) is 9.65. The predicted octanol–water partition coefficient (Wildman–Crippen LogP) is 2.92. The van der Waals surface area contributed by atoms with Gasteiger partial charge in [-0.2, -0.15) is 0 Å². The molecule has 0 fully saturated rings. The number of nitrogens with zero attached hydrogens (tertiary/aromatic N) is 1. The number of rotatable bonds is 5. The third-order valence-electron chi connectivity index (χ3n) is 2.46. The van der Waals surface area contributed by atoms with Gasteiger partial charge in [0.25, 0.3) is 0 Å². The van der Waals surface area contributed by atoms with Crippen LogP contribution in [0, 0.1) is 12.3 Å². The quantitative estimate of drug-likeness (QED) is 0.820. The Morgan fingerprint density at radius 3 is 2.70 bits per heavy atom. The van der Waals surface area contributed by atoms with Crippen LogP contribution in [0.25, 0.3) is 0 Å². The van der Waals surface area contributed by atoms with E-state index in [1.807, 2.05) is 6.92 Å². The number of terminal acetylenes is 1. The molecule has 0 aliphatic heterocycles. The summed E-state index contributed by atoms with van der Waals surface area (Å²) in [5, 5.41) is 11.8. The maximum absolute atomic E-state index is 12.0. The second kappa shape index (κ2) is 7.41. The number of carboxylic acid groups (broad SMARTS) is 1. The average Bonchev–Trinajstić information content (AvgIpc) is 2.37. The van der Waals surface area contributed by atoms with Crippen LogP contribution in [0.5, 0.6) is 0 Å². The molecule has 20 heavy (non-hydrogen) atoms. The summed E-state index contributed by atoms with van der Waals surface area (Å²) in [7, 11) is 0. The first kappa shape index (κ1) is 15.9. The molecule has 1 aromatic rings. The monoisotopic (exact) mass is 294 g/mol. The van der Waals surface area contributed by atoms with Gasteiger partial charge < -0.3 is 15.3 Å². The van der Waals surface area contributed by atoms with Gasteiger partial charge in [-0.3, -0.25) is 0 Å². The van der Waals surface area contributed by atoms with Gasteiger partial charge in [-0.15, -0.1) is 6.42 Å². The van der Waals surface area contributed by atoms with Crippen LogP contribution in [-0.2, 0) is 0 Å². The van der Waals surface area contributed by atoms with Crippen LogP contribution in [0.2, 0.25) is 5.02 Å². The zero-order chi connectivity index (χ0) is 15.1. The summed E-state index contributed by atoms with van der Waals surface area (Å²) in [6, 6.07) is 3.74. The van der Waals surface area contributed by atoms with Crippen molar-refractivity contribution in [2.24, 2.45) is 0 Å². The molecule has 2 amide bonds. The van der Waals surface area contributed by atoms with Crippen LogP contribution in [0.3, 0.4) is 0 Å². The van der Waals surface area contributed by atoms with Gasteiger partial charge in [0.2, 0.25) is 0 Å². The fourth-order valence-corrected chi connectivity index (χ4v) is 1.86. The minimum Gasteiger partial charge on any atom is -0.478 e. The fourth-order valence-electron chi connectivity index (χ4n) is 1.62. The highest BCUT2D eigenvalue weighted by Gasteiger charge is 2.13. The summed E-state index contributed by atoms with van der Waals surface area (Å²) in [4.78, 5) is 24.4. The lowest BCUT2D eigenvalue weighted by atomic mass is 10.2. The predicted molar refractivity (Wildman–Crippen MR) is 78.1 cm³/mol. The number of anilines is 1. The number of carbonyl (C=O) groups excluding carboxylic acids is 1. The Hall–Kier alpha value is -2.19. The van der Waals surface area contributed by atoms with Crippen molar-refractivity contribution in [1.29, 1.82) is 0 Å². The number of benzene rings is 1. The molecule has 0 aliphatic rings. The molecule has 2 N–H and O–H groups in total. The van der Waals surface area contributed by atoms with Crippen LogP contribution in [0.4, 0.5) is 10.5 Å². The van der Waals surface area contributed by atoms with Crippen LogP contribution in [0.1, 0.15) is 23.7 Å². The largest absolute Gasteiger partial charge is 0.478 e. The van der Waals surface area contributed by atoms with E-state index in [0.29, 0.717) is 12.2 Å². The zero-order valence-electron chi connectivity index (χ0n) is 11.0. The summed E-state index contributed by atoms with van der Waals surface area (Å²) in [6.45, 7) is 2.63. The number of carboxylic acids is 1. The molecule has 0 bridgehead atoms. The zero-order valence-corrected chi connectivity index (χ0v) is 11.8. The van der Waals surface area contributed by atoms with E-state index in [9.17, 15) is 9.59 Å².